The van der Waals surface area contributed by atoms with Crippen LogP contribution in [0.4, 0.5) is 4.79 Å². The first kappa shape index (κ1) is 31.1. The Bertz CT molecular complexity index is 1050. The highest BCUT2D eigenvalue weighted by Crippen LogP contribution is 2.31. The van der Waals surface area contributed by atoms with Gasteiger partial charge in [0.25, 0.3) is 5.91 Å². The average molecular weight is 572 g/mol. The van der Waals surface area contributed by atoms with E-state index in [1.54, 1.807) is 4.90 Å². The van der Waals surface area contributed by atoms with Crippen LogP contribution in [0.15, 0.2) is 24.3 Å². The maximum absolute atomic E-state index is 14.2. The highest BCUT2D eigenvalue weighted by atomic mass is 16.6. The van der Waals surface area contributed by atoms with E-state index in [1.165, 1.54) is 5.56 Å². The fourth-order valence-electron chi connectivity index (χ4n) is 6.05. The first-order valence-electron chi connectivity index (χ1n) is 15.5. The lowest BCUT2D eigenvalue weighted by atomic mass is 9.89. The van der Waals surface area contributed by atoms with Crippen molar-refractivity contribution in [1.29, 1.82) is 0 Å². The standard InChI is InChI=1S/C32H49N3O6/c1-5-6-17-33-20-22-39-27-13-8-7-11-25(27)12-9-10-16-32(29(33)37)24-35(21-23-40-32)28(36)26-14-18-34(19-15-26)30(38)41-31(2,3)4/h7-8,11,13,26H,5-6,9-10,12,14-24H2,1-4H3. The van der Waals surface area contributed by atoms with Crippen molar-refractivity contribution in [2.24, 2.45) is 5.92 Å². The van der Waals surface area contributed by atoms with Gasteiger partial charge in [0.05, 0.1) is 19.7 Å². The number of morpholine rings is 1. The normalized spacial score (nSPS) is 23.3. The van der Waals surface area contributed by atoms with Crippen molar-refractivity contribution in [3.63, 3.8) is 0 Å². The van der Waals surface area contributed by atoms with Crippen molar-refractivity contribution in [2.75, 3.05) is 52.5 Å². The van der Waals surface area contributed by atoms with E-state index < -0.39 is 11.2 Å². The van der Waals surface area contributed by atoms with E-state index in [4.69, 9.17) is 14.2 Å². The van der Waals surface area contributed by atoms with Gasteiger partial charge in [0.2, 0.25) is 5.91 Å². The van der Waals surface area contributed by atoms with Crippen LogP contribution in [0.2, 0.25) is 0 Å². The first-order valence-corrected chi connectivity index (χ1v) is 15.5. The van der Waals surface area contributed by atoms with E-state index in [2.05, 4.69) is 13.0 Å². The maximum Gasteiger partial charge on any atom is 0.410 e. The molecule has 9 heteroatoms. The van der Waals surface area contributed by atoms with Gasteiger partial charge in [0, 0.05) is 32.1 Å². The Morgan fingerprint density at radius 3 is 2.51 bits per heavy atom. The maximum atomic E-state index is 14.2. The van der Waals surface area contributed by atoms with Crippen molar-refractivity contribution in [3.8, 4) is 5.75 Å². The number of rotatable bonds is 4. The number of ether oxygens (including phenoxy) is 3. The average Bonchev–Trinajstić information content (AvgIpc) is 2.96. The zero-order valence-electron chi connectivity index (χ0n) is 25.5. The zero-order valence-corrected chi connectivity index (χ0v) is 25.5. The summed E-state index contributed by atoms with van der Waals surface area (Å²) in [7, 11) is 0. The van der Waals surface area contributed by atoms with E-state index in [0.717, 1.165) is 37.9 Å². The Morgan fingerprint density at radius 1 is 1.02 bits per heavy atom. The predicted octanol–water partition coefficient (Wildman–Crippen LogP) is 4.67. The minimum absolute atomic E-state index is 0.0272. The Morgan fingerprint density at radius 2 is 1.78 bits per heavy atom. The SMILES string of the molecule is CCCCN1CCOc2ccccc2CCCCC2(CN(C(=O)C3CCN(C(=O)OC(C)(C)C)CC3)CCO2)C1=O. The molecule has 4 rings (SSSR count). The monoisotopic (exact) mass is 571 g/mol. The van der Waals surface area contributed by atoms with Crippen LogP contribution in [0.3, 0.4) is 0 Å². The number of unbranched alkanes of at least 4 members (excludes halogenated alkanes) is 1. The molecule has 3 amide bonds. The van der Waals surface area contributed by atoms with Gasteiger partial charge in [-0.05, 0) is 77.3 Å². The number of carbonyl (C=O) groups excluding carboxylic acids is 3. The number of aryl methyl sites for hydroxylation is 1. The molecule has 0 N–H and O–H groups in total. The third-order valence-corrected chi connectivity index (χ3v) is 8.32. The van der Waals surface area contributed by atoms with Gasteiger partial charge in [-0.15, -0.1) is 0 Å². The molecule has 9 nitrogen and oxygen atoms in total. The molecule has 0 bridgehead atoms. The molecule has 41 heavy (non-hydrogen) atoms. The summed E-state index contributed by atoms with van der Waals surface area (Å²) in [5, 5.41) is 0. The third kappa shape index (κ3) is 8.15. The molecular formula is C32H49N3O6. The van der Waals surface area contributed by atoms with Crippen LogP contribution in [0.25, 0.3) is 0 Å². The number of benzene rings is 1. The first-order chi connectivity index (χ1) is 19.6. The van der Waals surface area contributed by atoms with Crippen LogP contribution in [-0.2, 0) is 25.5 Å². The molecule has 0 aromatic heterocycles. The number of carbonyl (C=O) groups is 3. The molecule has 1 spiro atoms. The molecule has 0 aliphatic carbocycles. The summed E-state index contributed by atoms with van der Waals surface area (Å²) in [5.41, 5.74) is -0.405. The summed E-state index contributed by atoms with van der Waals surface area (Å²) in [5.74, 6) is 0.758. The number of amides is 3. The van der Waals surface area contributed by atoms with E-state index in [1.807, 2.05) is 48.8 Å². The quantitative estimate of drug-likeness (QED) is 0.522. The Hall–Kier alpha value is -2.81. The lowest BCUT2D eigenvalue weighted by Gasteiger charge is -2.45. The summed E-state index contributed by atoms with van der Waals surface area (Å²) >= 11 is 0. The minimum Gasteiger partial charge on any atom is -0.491 e. The number of hydrogen-bond donors (Lipinski definition) is 0. The number of likely N-dealkylation sites (tertiary alicyclic amines) is 1. The van der Waals surface area contributed by atoms with Gasteiger partial charge in [0.15, 0.2) is 5.60 Å². The molecule has 3 aliphatic heterocycles. The fourth-order valence-corrected chi connectivity index (χ4v) is 6.05. The zero-order chi connectivity index (χ0) is 29.5. The molecule has 1 unspecified atom stereocenters. The molecule has 2 saturated heterocycles. The van der Waals surface area contributed by atoms with Gasteiger partial charge in [-0.25, -0.2) is 4.79 Å². The van der Waals surface area contributed by atoms with Crippen molar-refractivity contribution >= 4 is 17.9 Å². The predicted molar refractivity (Wildman–Crippen MR) is 157 cm³/mol. The Balaban J connectivity index is 1.45. The lowest BCUT2D eigenvalue weighted by molar-refractivity contribution is -0.178. The molecule has 2 fully saturated rings. The van der Waals surface area contributed by atoms with E-state index in [0.29, 0.717) is 65.2 Å². The topological polar surface area (TPSA) is 88.6 Å². The molecule has 1 atom stereocenters. The number of fused-ring (bicyclic) bond motifs is 1. The van der Waals surface area contributed by atoms with Crippen molar-refractivity contribution in [1.82, 2.24) is 14.7 Å². The number of hydrogen-bond acceptors (Lipinski definition) is 6. The van der Waals surface area contributed by atoms with E-state index in [-0.39, 0.29) is 30.4 Å². The van der Waals surface area contributed by atoms with Gasteiger partial charge in [-0.3, -0.25) is 9.59 Å². The van der Waals surface area contributed by atoms with Crippen LogP contribution >= 0.6 is 0 Å². The number of piperidine rings is 1. The van der Waals surface area contributed by atoms with Crippen LogP contribution in [0, 0.1) is 5.92 Å². The van der Waals surface area contributed by atoms with Gasteiger partial charge in [0.1, 0.15) is 18.0 Å². The highest BCUT2D eigenvalue weighted by molar-refractivity contribution is 5.87. The van der Waals surface area contributed by atoms with Gasteiger partial charge >= 0.3 is 6.09 Å². The van der Waals surface area contributed by atoms with Crippen molar-refractivity contribution < 1.29 is 28.6 Å². The van der Waals surface area contributed by atoms with Crippen LogP contribution < -0.4 is 4.74 Å². The summed E-state index contributed by atoms with van der Waals surface area (Å²) in [6.07, 6.45) is 5.92. The number of para-hydroxylation sites is 1. The van der Waals surface area contributed by atoms with Crippen molar-refractivity contribution in [3.05, 3.63) is 29.8 Å². The van der Waals surface area contributed by atoms with Crippen LogP contribution in [0.1, 0.15) is 78.2 Å². The molecule has 3 aliphatic rings. The molecule has 0 saturated carbocycles. The smallest absolute Gasteiger partial charge is 0.410 e. The minimum atomic E-state index is -1.04. The van der Waals surface area contributed by atoms with Gasteiger partial charge < -0.3 is 28.9 Å². The molecule has 1 aromatic rings. The van der Waals surface area contributed by atoms with Crippen LogP contribution in [0.5, 0.6) is 5.75 Å². The second kappa shape index (κ2) is 13.9. The lowest BCUT2D eigenvalue weighted by Crippen LogP contribution is -2.63. The molecular weight excluding hydrogens is 522 g/mol. The molecule has 1 aromatic carbocycles. The second-order valence-corrected chi connectivity index (χ2v) is 12.7. The largest absolute Gasteiger partial charge is 0.491 e. The molecule has 0 radical (unpaired) electrons. The fraction of sp³-hybridized carbons (Fsp3) is 0.719. The Kier molecular flexibility index (Phi) is 10.6. The van der Waals surface area contributed by atoms with Crippen molar-refractivity contribution in [2.45, 2.75) is 90.3 Å². The van der Waals surface area contributed by atoms with Gasteiger partial charge in [-0.2, -0.15) is 0 Å². The molecule has 228 valence electrons. The highest BCUT2D eigenvalue weighted by Gasteiger charge is 2.47. The summed E-state index contributed by atoms with van der Waals surface area (Å²) in [6, 6.07) is 8.15. The summed E-state index contributed by atoms with van der Waals surface area (Å²) in [6.45, 7) is 11.3. The van der Waals surface area contributed by atoms with Gasteiger partial charge in [-0.1, -0.05) is 31.5 Å². The molecule has 3 heterocycles. The van der Waals surface area contributed by atoms with E-state index >= 15 is 0 Å². The third-order valence-electron chi connectivity index (χ3n) is 8.32. The second-order valence-electron chi connectivity index (χ2n) is 12.7. The summed E-state index contributed by atoms with van der Waals surface area (Å²) < 4.78 is 18.0. The number of nitrogens with zero attached hydrogens (tertiary/aromatic N) is 3. The van der Waals surface area contributed by atoms with E-state index in [9.17, 15) is 14.4 Å². The Labute approximate surface area is 245 Å². The van der Waals surface area contributed by atoms with Crippen LogP contribution in [-0.4, -0.2) is 96.3 Å². The summed E-state index contributed by atoms with van der Waals surface area (Å²) in [4.78, 5) is 45.9.